The number of ether oxygens (including phenoxy) is 1. The summed E-state index contributed by atoms with van der Waals surface area (Å²) in [6.07, 6.45) is 10.5. The summed E-state index contributed by atoms with van der Waals surface area (Å²) < 4.78 is 4.80. The van der Waals surface area contributed by atoms with E-state index in [1.165, 1.54) is 18.2 Å². The van der Waals surface area contributed by atoms with Gasteiger partial charge in [0.15, 0.2) is 0 Å². The molecule has 2 N–H and O–H groups in total. The lowest BCUT2D eigenvalue weighted by Gasteiger charge is -2.39. The number of nitrogens with two attached hydrogens (primary N) is 1. The van der Waals surface area contributed by atoms with Crippen LogP contribution in [0.25, 0.3) is 5.57 Å². The predicted octanol–water partition coefficient (Wildman–Crippen LogP) is 3.25. The summed E-state index contributed by atoms with van der Waals surface area (Å²) in [6, 6.07) is 10.5. The molecule has 0 bridgehead atoms. The van der Waals surface area contributed by atoms with Gasteiger partial charge in [0, 0.05) is 24.9 Å². The van der Waals surface area contributed by atoms with Crippen LogP contribution in [0.5, 0.6) is 0 Å². The average Bonchev–Trinajstić information content (AvgIpc) is 2.70. The van der Waals surface area contributed by atoms with Gasteiger partial charge in [0.2, 0.25) is 0 Å². The number of likely N-dealkylation sites (tertiary alicyclic amines) is 1. The third kappa shape index (κ3) is 4.63. The number of hydrogen-bond acceptors (Lipinski definition) is 4. The highest BCUT2D eigenvalue weighted by Gasteiger charge is 2.31. The number of allylic oxidation sites excluding steroid dienone is 3. The minimum absolute atomic E-state index is 0.0213. The molecule has 4 heteroatoms. The Kier molecular flexibility index (Phi) is 6.28. The number of methoxy groups -OCH3 is 1. The lowest BCUT2D eigenvalue weighted by molar-refractivity contribution is -0.142. The van der Waals surface area contributed by atoms with Gasteiger partial charge < -0.3 is 15.4 Å². The number of rotatable bonds is 6. The van der Waals surface area contributed by atoms with Crippen LogP contribution in [-0.4, -0.2) is 44.2 Å². The van der Waals surface area contributed by atoms with Crippen LogP contribution >= 0.6 is 0 Å². The molecule has 1 heterocycles. The van der Waals surface area contributed by atoms with Gasteiger partial charge in [0.25, 0.3) is 0 Å². The Bertz CT molecular complexity index is 660. The highest BCUT2D eigenvalue weighted by Crippen LogP contribution is 2.34. The van der Waals surface area contributed by atoms with E-state index < -0.39 is 0 Å². The van der Waals surface area contributed by atoms with Crippen molar-refractivity contribution in [3.05, 3.63) is 54.1 Å². The third-order valence-corrected chi connectivity index (χ3v) is 5.79. The quantitative estimate of drug-likeness (QED) is 0.797. The summed E-state index contributed by atoms with van der Waals surface area (Å²) in [4.78, 5) is 14.0. The molecule has 1 unspecified atom stereocenters. The van der Waals surface area contributed by atoms with Crippen molar-refractivity contribution in [2.45, 2.75) is 25.7 Å². The number of nitrogens with zero attached hydrogens (tertiary/aromatic N) is 1. The Hall–Kier alpha value is -1.91. The third-order valence-electron chi connectivity index (χ3n) is 5.79. The van der Waals surface area contributed by atoms with Gasteiger partial charge in [-0.15, -0.1) is 0 Å². The molecule has 1 atom stereocenters. The molecule has 0 saturated carbocycles. The van der Waals surface area contributed by atoms with Gasteiger partial charge in [0.05, 0.1) is 7.11 Å². The van der Waals surface area contributed by atoms with Crippen LogP contribution in [0.3, 0.4) is 0 Å². The van der Waals surface area contributed by atoms with Gasteiger partial charge >= 0.3 is 5.97 Å². The minimum atomic E-state index is -0.0873. The Morgan fingerprint density at radius 1 is 1.27 bits per heavy atom. The molecule has 1 fully saturated rings. The zero-order chi connectivity index (χ0) is 18.4. The van der Waals surface area contributed by atoms with E-state index in [1.807, 2.05) is 6.07 Å². The fourth-order valence-electron chi connectivity index (χ4n) is 4.01. The molecular formula is C22H30N2O2. The average molecular weight is 354 g/mol. The summed E-state index contributed by atoms with van der Waals surface area (Å²) >= 11 is 0. The lowest BCUT2D eigenvalue weighted by Crippen LogP contribution is -2.45. The van der Waals surface area contributed by atoms with Crippen molar-refractivity contribution in [1.29, 1.82) is 0 Å². The Morgan fingerprint density at radius 2 is 2.00 bits per heavy atom. The number of piperidine rings is 1. The molecule has 1 aromatic carbocycles. The van der Waals surface area contributed by atoms with Gasteiger partial charge in [-0.1, -0.05) is 48.6 Å². The first-order chi connectivity index (χ1) is 12.6. The first kappa shape index (κ1) is 18.9. The van der Waals surface area contributed by atoms with Crippen LogP contribution in [0.2, 0.25) is 0 Å². The van der Waals surface area contributed by atoms with Crippen LogP contribution < -0.4 is 5.73 Å². The van der Waals surface area contributed by atoms with Crippen molar-refractivity contribution in [1.82, 2.24) is 4.90 Å². The monoisotopic (exact) mass is 354 g/mol. The summed E-state index contributed by atoms with van der Waals surface area (Å²) in [5.41, 5.74) is 8.75. The molecule has 0 radical (unpaired) electrons. The zero-order valence-corrected chi connectivity index (χ0v) is 15.7. The van der Waals surface area contributed by atoms with E-state index in [0.29, 0.717) is 18.9 Å². The van der Waals surface area contributed by atoms with Crippen LogP contribution in [-0.2, 0) is 9.53 Å². The van der Waals surface area contributed by atoms with E-state index in [0.717, 1.165) is 38.9 Å². The number of hydrogen-bond donors (Lipinski definition) is 1. The molecule has 140 valence electrons. The van der Waals surface area contributed by atoms with Crippen LogP contribution in [0.15, 0.2) is 48.6 Å². The molecule has 4 nitrogen and oxygen atoms in total. The normalized spacial score (nSPS) is 24.3. The van der Waals surface area contributed by atoms with Gasteiger partial charge in [-0.3, -0.25) is 4.79 Å². The highest BCUT2D eigenvalue weighted by molar-refractivity contribution is 5.75. The molecular weight excluding hydrogens is 324 g/mol. The summed E-state index contributed by atoms with van der Waals surface area (Å²) in [5, 5.41) is 0. The zero-order valence-electron chi connectivity index (χ0n) is 15.7. The molecule has 2 aliphatic rings. The maximum absolute atomic E-state index is 11.5. The fourth-order valence-corrected chi connectivity index (χ4v) is 4.01. The molecule has 0 spiro atoms. The Labute approximate surface area is 156 Å². The van der Waals surface area contributed by atoms with Crippen molar-refractivity contribution in [2.75, 3.05) is 33.3 Å². The SMILES string of the molecule is COC(=O)CC1CCN(CC2(CN)C=CC(c3ccccc3)=CC2)CC1. The van der Waals surface area contributed by atoms with Crippen LogP contribution in [0.4, 0.5) is 0 Å². The van der Waals surface area contributed by atoms with E-state index in [1.54, 1.807) is 0 Å². The molecule has 0 aromatic heterocycles. The number of carbonyl (C=O) groups excluding carboxylic acids is 1. The maximum Gasteiger partial charge on any atom is 0.305 e. The molecule has 3 rings (SSSR count). The van der Waals surface area contributed by atoms with Crippen molar-refractivity contribution in [3.63, 3.8) is 0 Å². The van der Waals surface area contributed by atoms with Gasteiger partial charge in [0.1, 0.15) is 0 Å². The van der Waals surface area contributed by atoms with E-state index >= 15 is 0 Å². The highest BCUT2D eigenvalue weighted by atomic mass is 16.5. The Balaban J connectivity index is 1.55. The first-order valence-corrected chi connectivity index (χ1v) is 9.58. The molecule has 26 heavy (non-hydrogen) atoms. The molecule has 1 aliphatic heterocycles. The summed E-state index contributed by atoms with van der Waals surface area (Å²) in [6.45, 7) is 3.71. The standard InChI is InChI=1S/C22H30N2O2/c1-26-21(25)15-18-9-13-24(14-10-18)17-22(16-23)11-7-20(8-12-22)19-5-3-2-4-6-19/h2-8,11,18H,9-10,12-17,23H2,1H3. The van der Waals surface area contributed by atoms with Gasteiger partial charge in [-0.2, -0.15) is 0 Å². The van der Waals surface area contributed by atoms with Crippen molar-refractivity contribution >= 4 is 11.5 Å². The molecule has 1 aliphatic carbocycles. The van der Waals surface area contributed by atoms with Gasteiger partial charge in [-0.05, 0) is 49.4 Å². The smallest absolute Gasteiger partial charge is 0.305 e. The number of esters is 1. The molecule has 1 saturated heterocycles. The van der Waals surface area contributed by atoms with Crippen LogP contribution in [0, 0.1) is 11.3 Å². The largest absolute Gasteiger partial charge is 0.469 e. The summed E-state index contributed by atoms with van der Waals surface area (Å²) in [5.74, 6) is 0.370. The lowest BCUT2D eigenvalue weighted by atomic mass is 9.78. The van der Waals surface area contributed by atoms with E-state index in [9.17, 15) is 4.79 Å². The van der Waals surface area contributed by atoms with Crippen LogP contribution in [0.1, 0.15) is 31.2 Å². The second-order valence-corrected chi connectivity index (χ2v) is 7.63. The van der Waals surface area contributed by atoms with E-state index in [4.69, 9.17) is 10.5 Å². The number of benzene rings is 1. The maximum atomic E-state index is 11.5. The van der Waals surface area contributed by atoms with Gasteiger partial charge in [-0.25, -0.2) is 0 Å². The minimum Gasteiger partial charge on any atom is -0.469 e. The second kappa shape index (κ2) is 8.65. The van der Waals surface area contributed by atoms with Crippen molar-refractivity contribution in [2.24, 2.45) is 17.1 Å². The Morgan fingerprint density at radius 3 is 2.58 bits per heavy atom. The summed E-state index contributed by atoms with van der Waals surface area (Å²) in [7, 11) is 1.47. The van der Waals surface area contributed by atoms with Crippen molar-refractivity contribution < 1.29 is 9.53 Å². The van der Waals surface area contributed by atoms with E-state index in [-0.39, 0.29) is 11.4 Å². The molecule has 1 aromatic rings. The molecule has 0 amide bonds. The van der Waals surface area contributed by atoms with Crippen molar-refractivity contribution in [3.8, 4) is 0 Å². The predicted molar refractivity (Wildman–Crippen MR) is 105 cm³/mol. The fraction of sp³-hybridized carbons (Fsp3) is 0.500. The second-order valence-electron chi connectivity index (χ2n) is 7.63. The number of carbonyl (C=O) groups is 1. The topological polar surface area (TPSA) is 55.6 Å². The first-order valence-electron chi connectivity index (χ1n) is 9.58. The van der Waals surface area contributed by atoms with E-state index in [2.05, 4.69) is 47.4 Å².